The van der Waals surface area contributed by atoms with Gasteiger partial charge in [-0.15, -0.1) is 11.3 Å². The summed E-state index contributed by atoms with van der Waals surface area (Å²) in [5.41, 5.74) is 6.81. The number of fused-ring (bicyclic) bond motifs is 1. The van der Waals surface area contributed by atoms with Gasteiger partial charge in [0.2, 0.25) is 11.7 Å². The van der Waals surface area contributed by atoms with Gasteiger partial charge in [0.15, 0.2) is 0 Å². The summed E-state index contributed by atoms with van der Waals surface area (Å²) in [6.07, 6.45) is 0. The number of hydrogen-bond donors (Lipinski definition) is 1. The minimum atomic E-state index is 0.0269. The lowest BCUT2D eigenvalue weighted by Gasteiger charge is -2.16. The Morgan fingerprint density at radius 1 is 0.968 bits per heavy atom. The van der Waals surface area contributed by atoms with Gasteiger partial charge in [-0.05, 0) is 37.6 Å². The molecule has 0 spiro atoms. The molecule has 0 saturated carbocycles. The van der Waals surface area contributed by atoms with Gasteiger partial charge in [-0.2, -0.15) is 4.98 Å². The summed E-state index contributed by atoms with van der Waals surface area (Å²) < 4.78 is 6.25. The molecule has 8 heteroatoms. The van der Waals surface area contributed by atoms with Crippen LogP contribution >= 0.6 is 11.3 Å². The van der Waals surface area contributed by atoms with Crippen LogP contribution in [0.1, 0.15) is 30.2 Å². The summed E-state index contributed by atoms with van der Waals surface area (Å²) in [5, 5.41) is 7.51. The molecule has 0 aliphatic rings. The Morgan fingerprint density at radius 3 is 2.71 bits per heavy atom. The maximum atomic E-state index is 5.11. The minimum Gasteiger partial charge on any atom is -0.363 e. The van der Waals surface area contributed by atoms with Crippen molar-refractivity contribution in [2.75, 3.05) is 5.32 Å². The molecule has 3 heterocycles. The van der Waals surface area contributed by atoms with Crippen molar-refractivity contribution in [2.45, 2.75) is 26.8 Å². The van der Waals surface area contributed by atoms with Gasteiger partial charge in [0.05, 0.1) is 21.4 Å². The molecule has 5 rings (SSSR count). The van der Waals surface area contributed by atoms with Gasteiger partial charge < -0.3 is 9.84 Å². The van der Waals surface area contributed by atoms with E-state index < -0.39 is 0 Å². The smallest absolute Gasteiger partial charge is 0.223 e. The third-order valence-electron chi connectivity index (χ3n) is 5.00. The fourth-order valence-corrected chi connectivity index (χ4v) is 4.19. The maximum absolute atomic E-state index is 5.11. The van der Waals surface area contributed by atoms with E-state index in [0.717, 1.165) is 38.4 Å². The van der Waals surface area contributed by atoms with E-state index in [1.807, 2.05) is 42.8 Å². The first-order valence-electron chi connectivity index (χ1n) is 9.92. The molecule has 0 saturated heterocycles. The molecule has 0 radical (unpaired) electrons. The first-order chi connectivity index (χ1) is 15.0. The zero-order valence-corrected chi connectivity index (χ0v) is 18.1. The highest BCUT2D eigenvalue weighted by molar-refractivity contribution is 7.16. The highest BCUT2D eigenvalue weighted by atomic mass is 32.1. The van der Waals surface area contributed by atoms with Crippen molar-refractivity contribution in [2.24, 2.45) is 0 Å². The number of nitrogens with one attached hydrogen (secondary N) is 1. The molecule has 0 aliphatic carbocycles. The van der Waals surface area contributed by atoms with Gasteiger partial charge in [-0.3, -0.25) is 0 Å². The molecule has 5 aromatic rings. The van der Waals surface area contributed by atoms with Crippen molar-refractivity contribution in [3.63, 3.8) is 0 Å². The fourth-order valence-electron chi connectivity index (χ4n) is 3.47. The molecular weight excluding hydrogens is 408 g/mol. The van der Waals surface area contributed by atoms with Gasteiger partial charge in [0.25, 0.3) is 0 Å². The Hall–Kier alpha value is -3.65. The summed E-state index contributed by atoms with van der Waals surface area (Å²) in [7, 11) is 0. The zero-order chi connectivity index (χ0) is 21.4. The number of rotatable bonds is 5. The van der Waals surface area contributed by atoms with Gasteiger partial charge in [0, 0.05) is 30.2 Å². The number of anilines is 1. The van der Waals surface area contributed by atoms with Gasteiger partial charge >= 0.3 is 0 Å². The SMILES string of the molecule is Cc1nc(NC(C)c2cccc(-c3noc(C)n3)c2)cc(-c2ccc3ncsc3c2)n1. The number of thiazole rings is 1. The Balaban J connectivity index is 1.42. The van der Waals surface area contributed by atoms with Gasteiger partial charge in [-0.25, -0.2) is 15.0 Å². The monoisotopic (exact) mass is 428 g/mol. The van der Waals surface area contributed by atoms with Crippen LogP contribution in [0.15, 0.2) is 58.6 Å². The number of nitrogens with zero attached hydrogens (tertiary/aromatic N) is 5. The third kappa shape index (κ3) is 4.02. The average Bonchev–Trinajstić information content (AvgIpc) is 3.41. The van der Waals surface area contributed by atoms with Crippen LogP contribution in [0.5, 0.6) is 0 Å². The fraction of sp³-hybridized carbons (Fsp3) is 0.174. The highest BCUT2D eigenvalue weighted by Crippen LogP contribution is 2.28. The van der Waals surface area contributed by atoms with E-state index in [4.69, 9.17) is 4.52 Å². The summed E-state index contributed by atoms with van der Waals surface area (Å²) in [6.45, 7) is 5.79. The van der Waals surface area contributed by atoms with Crippen molar-refractivity contribution in [3.05, 3.63) is 71.3 Å². The Morgan fingerprint density at radius 2 is 1.87 bits per heavy atom. The topological polar surface area (TPSA) is 89.6 Å². The number of benzene rings is 2. The standard InChI is InChI=1S/C23H20N6OS/c1-13(16-5-4-6-18(9-16)23-28-15(3)30-29-23)25-22-11-20(26-14(2)27-22)17-7-8-19-21(10-17)31-12-24-19/h4-13H,1-3H3,(H,25,26,27). The largest absolute Gasteiger partial charge is 0.363 e. The molecule has 0 amide bonds. The lowest BCUT2D eigenvalue weighted by Crippen LogP contribution is -2.09. The third-order valence-corrected chi connectivity index (χ3v) is 5.79. The molecule has 7 nitrogen and oxygen atoms in total. The van der Waals surface area contributed by atoms with Crippen LogP contribution in [0.25, 0.3) is 32.9 Å². The molecular formula is C23H20N6OS. The van der Waals surface area contributed by atoms with Crippen LogP contribution in [-0.2, 0) is 0 Å². The number of aryl methyl sites for hydroxylation is 2. The Kier molecular flexibility index (Phi) is 4.91. The van der Waals surface area contributed by atoms with Crippen LogP contribution in [0.3, 0.4) is 0 Å². The van der Waals surface area contributed by atoms with E-state index in [9.17, 15) is 0 Å². The minimum absolute atomic E-state index is 0.0269. The highest BCUT2D eigenvalue weighted by Gasteiger charge is 2.12. The van der Waals surface area contributed by atoms with E-state index >= 15 is 0 Å². The van der Waals surface area contributed by atoms with Crippen LogP contribution in [-0.4, -0.2) is 25.1 Å². The summed E-state index contributed by atoms with van der Waals surface area (Å²) in [6, 6.07) is 16.3. The molecule has 31 heavy (non-hydrogen) atoms. The van der Waals surface area contributed by atoms with E-state index in [2.05, 4.69) is 55.5 Å². The lowest BCUT2D eigenvalue weighted by atomic mass is 10.0. The molecule has 154 valence electrons. The van der Waals surface area contributed by atoms with Crippen LogP contribution in [0.2, 0.25) is 0 Å². The molecule has 0 aliphatic heterocycles. The van der Waals surface area contributed by atoms with Gasteiger partial charge in [-0.1, -0.05) is 29.4 Å². The van der Waals surface area contributed by atoms with E-state index in [0.29, 0.717) is 17.5 Å². The van der Waals surface area contributed by atoms with Crippen molar-refractivity contribution >= 4 is 27.4 Å². The quantitative estimate of drug-likeness (QED) is 0.390. The first-order valence-corrected chi connectivity index (χ1v) is 10.8. The molecule has 0 bridgehead atoms. The van der Waals surface area contributed by atoms with Crippen molar-refractivity contribution in [3.8, 4) is 22.6 Å². The molecule has 1 N–H and O–H groups in total. The normalized spacial score (nSPS) is 12.2. The number of aromatic nitrogens is 5. The second-order valence-corrected chi connectivity index (χ2v) is 8.24. The molecule has 0 fully saturated rings. The van der Waals surface area contributed by atoms with Crippen molar-refractivity contribution < 1.29 is 4.52 Å². The summed E-state index contributed by atoms with van der Waals surface area (Å²) in [5.74, 6) is 2.63. The van der Waals surface area contributed by atoms with Gasteiger partial charge in [0.1, 0.15) is 11.6 Å². The second-order valence-electron chi connectivity index (χ2n) is 7.35. The van der Waals surface area contributed by atoms with E-state index in [1.165, 1.54) is 0 Å². The van der Waals surface area contributed by atoms with E-state index in [1.54, 1.807) is 18.3 Å². The summed E-state index contributed by atoms with van der Waals surface area (Å²) in [4.78, 5) is 17.9. The number of hydrogen-bond acceptors (Lipinski definition) is 8. The first kappa shape index (κ1) is 19.3. The lowest BCUT2D eigenvalue weighted by molar-refractivity contribution is 0.394. The van der Waals surface area contributed by atoms with Crippen molar-refractivity contribution in [1.82, 2.24) is 25.1 Å². The second kappa shape index (κ2) is 7.88. The molecule has 3 aromatic heterocycles. The predicted molar refractivity (Wildman–Crippen MR) is 122 cm³/mol. The Labute approximate surface area is 183 Å². The van der Waals surface area contributed by atoms with Crippen molar-refractivity contribution in [1.29, 1.82) is 0 Å². The summed E-state index contributed by atoms with van der Waals surface area (Å²) >= 11 is 1.63. The molecule has 1 atom stereocenters. The zero-order valence-electron chi connectivity index (χ0n) is 17.3. The molecule has 2 aromatic carbocycles. The average molecular weight is 429 g/mol. The Bertz CT molecular complexity index is 1380. The van der Waals surface area contributed by atoms with E-state index in [-0.39, 0.29) is 6.04 Å². The van der Waals surface area contributed by atoms with Crippen LogP contribution in [0.4, 0.5) is 5.82 Å². The van der Waals surface area contributed by atoms with Crippen LogP contribution < -0.4 is 5.32 Å². The molecule has 1 unspecified atom stereocenters. The maximum Gasteiger partial charge on any atom is 0.223 e. The van der Waals surface area contributed by atoms with Crippen LogP contribution in [0, 0.1) is 13.8 Å². The predicted octanol–water partition coefficient (Wildman–Crippen LogP) is 5.59.